The summed E-state index contributed by atoms with van der Waals surface area (Å²) >= 11 is 0. The first-order chi connectivity index (χ1) is 7.82. The van der Waals surface area contributed by atoms with Crippen LogP contribution in [0.15, 0.2) is 0 Å². The number of carbonyl (C=O) groups excluding carboxylic acids is 3. The topological polar surface area (TPSA) is 66.5 Å². The zero-order valence-corrected chi connectivity index (χ0v) is 10.9. The number of imide groups is 1. The average Bonchev–Trinajstić information content (AvgIpc) is 2.44. The van der Waals surface area contributed by atoms with Gasteiger partial charge >= 0.3 is 0 Å². The molecule has 1 fully saturated rings. The number of likely N-dealkylation sites (N-methyl/N-ethyl adjacent to an activating group) is 1. The van der Waals surface area contributed by atoms with Crippen molar-refractivity contribution < 1.29 is 14.4 Å². The van der Waals surface area contributed by atoms with Crippen molar-refractivity contribution >= 4 is 17.7 Å². The number of rotatable bonds is 4. The molecule has 0 bridgehead atoms. The van der Waals surface area contributed by atoms with E-state index in [9.17, 15) is 14.4 Å². The molecule has 17 heavy (non-hydrogen) atoms. The molecule has 1 heterocycles. The highest BCUT2D eigenvalue weighted by Gasteiger charge is 2.50. The van der Waals surface area contributed by atoms with Crippen molar-refractivity contribution in [2.24, 2.45) is 11.3 Å². The zero-order chi connectivity index (χ0) is 13.2. The fraction of sp³-hybridized carbons (Fsp3) is 0.750. The van der Waals surface area contributed by atoms with E-state index < -0.39 is 5.41 Å². The quantitative estimate of drug-likeness (QED) is 0.729. The van der Waals surface area contributed by atoms with E-state index in [2.05, 4.69) is 5.32 Å². The molecular formula is C12H20N2O3. The van der Waals surface area contributed by atoms with Gasteiger partial charge in [0.25, 0.3) is 0 Å². The van der Waals surface area contributed by atoms with Crippen LogP contribution in [0.3, 0.4) is 0 Å². The molecule has 0 aromatic carbocycles. The third kappa shape index (κ3) is 2.48. The Kier molecular flexibility index (Phi) is 3.91. The van der Waals surface area contributed by atoms with Gasteiger partial charge in [-0.2, -0.15) is 0 Å². The smallest absolute Gasteiger partial charge is 0.240 e. The lowest BCUT2D eigenvalue weighted by molar-refractivity contribution is -0.145. The predicted molar refractivity (Wildman–Crippen MR) is 63.0 cm³/mol. The van der Waals surface area contributed by atoms with Crippen LogP contribution in [-0.2, 0) is 14.4 Å². The lowest BCUT2D eigenvalue weighted by Crippen LogP contribution is -2.43. The molecule has 1 saturated heterocycles. The Morgan fingerprint density at radius 3 is 2.47 bits per heavy atom. The van der Waals surface area contributed by atoms with Crippen LogP contribution in [0, 0.1) is 11.3 Å². The Bertz CT molecular complexity index is 352. The van der Waals surface area contributed by atoms with Crippen molar-refractivity contribution in [3.05, 3.63) is 0 Å². The van der Waals surface area contributed by atoms with Gasteiger partial charge in [0.15, 0.2) is 0 Å². The monoisotopic (exact) mass is 240 g/mol. The van der Waals surface area contributed by atoms with E-state index >= 15 is 0 Å². The van der Waals surface area contributed by atoms with E-state index in [4.69, 9.17) is 0 Å². The third-order valence-electron chi connectivity index (χ3n) is 3.50. The number of nitrogens with zero attached hydrogens (tertiary/aromatic N) is 1. The summed E-state index contributed by atoms with van der Waals surface area (Å²) < 4.78 is 0. The maximum absolute atomic E-state index is 12.1. The van der Waals surface area contributed by atoms with Gasteiger partial charge in [0.1, 0.15) is 6.54 Å². The average molecular weight is 240 g/mol. The van der Waals surface area contributed by atoms with Crippen LogP contribution >= 0.6 is 0 Å². The molecule has 1 aliphatic rings. The fourth-order valence-corrected chi connectivity index (χ4v) is 1.91. The Hall–Kier alpha value is -1.39. The normalized spacial score (nSPS) is 24.6. The number of hydrogen-bond acceptors (Lipinski definition) is 3. The van der Waals surface area contributed by atoms with Crippen molar-refractivity contribution in [2.75, 3.05) is 13.1 Å². The van der Waals surface area contributed by atoms with Gasteiger partial charge in [-0.1, -0.05) is 13.8 Å². The summed E-state index contributed by atoms with van der Waals surface area (Å²) in [6.45, 7) is 7.76. The molecule has 0 radical (unpaired) electrons. The minimum absolute atomic E-state index is 0.0817. The third-order valence-corrected chi connectivity index (χ3v) is 3.50. The van der Waals surface area contributed by atoms with E-state index in [1.54, 1.807) is 13.8 Å². The number of hydrogen-bond donors (Lipinski definition) is 1. The van der Waals surface area contributed by atoms with Crippen LogP contribution in [0.4, 0.5) is 0 Å². The Balaban J connectivity index is 2.80. The standard InChI is InChI=1S/C12H20N2O3/c1-5-13-9(15)7-14-10(16)6-12(4,8(2)3)11(14)17/h8H,5-7H2,1-4H3,(H,13,15). The highest BCUT2D eigenvalue weighted by atomic mass is 16.2. The van der Waals surface area contributed by atoms with Gasteiger partial charge in [-0.25, -0.2) is 0 Å². The molecule has 5 heteroatoms. The summed E-state index contributed by atoms with van der Waals surface area (Å²) in [5.41, 5.74) is -0.663. The minimum Gasteiger partial charge on any atom is -0.355 e. The summed E-state index contributed by atoms with van der Waals surface area (Å²) in [6, 6.07) is 0. The number of carbonyl (C=O) groups is 3. The molecule has 0 saturated carbocycles. The van der Waals surface area contributed by atoms with Gasteiger partial charge in [-0.05, 0) is 19.8 Å². The van der Waals surface area contributed by atoms with E-state index in [0.29, 0.717) is 6.54 Å². The number of likely N-dealkylation sites (tertiary alicyclic amines) is 1. The van der Waals surface area contributed by atoms with Gasteiger partial charge in [0, 0.05) is 13.0 Å². The maximum atomic E-state index is 12.1. The van der Waals surface area contributed by atoms with E-state index in [1.165, 1.54) is 0 Å². The predicted octanol–water partition coefficient (Wildman–Crippen LogP) is 0.544. The molecule has 1 atom stereocenters. The number of amides is 3. The Morgan fingerprint density at radius 1 is 1.47 bits per heavy atom. The molecule has 96 valence electrons. The van der Waals surface area contributed by atoms with Gasteiger partial charge in [-0.15, -0.1) is 0 Å². The molecular weight excluding hydrogens is 220 g/mol. The Morgan fingerprint density at radius 2 is 2.06 bits per heavy atom. The zero-order valence-electron chi connectivity index (χ0n) is 10.9. The number of nitrogens with one attached hydrogen (secondary N) is 1. The molecule has 0 spiro atoms. The first-order valence-corrected chi connectivity index (χ1v) is 5.94. The molecule has 3 amide bonds. The second-order valence-electron chi connectivity index (χ2n) is 4.99. The summed E-state index contributed by atoms with van der Waals surface area (Å²) in [5, 5.41) is 2.59. The highest BCUT2D eigenvalue weighted by Crippen LogP contribution is 2.38. The second kappa shape index (κ2) is 4.85. The van der Waals surface area contributed by atoms with Gasteiger partial charge in [0.2, 0.25) is 17.7 Å². The van der Waals surface area contributed by atoms with Crippen LogP contribution in [0.1, 0.15) is 34.1 Å². The lowest BCUT2D eigenvalue weighted by atomic mass is 9.78. The van der Waals surface area contributed by atoms with Crippen molar-refractivity contribution in [3.63, 3.8) is 0 Å². The van der Waals surface area contributed by atoms with Gasteiger partial charge < -0.3 is 5.32 Å². The molecule has 0 aromatic rings. The SMILES string of the molecule is CCNC(=O)CN1C(=O)CC(C)(C(C)C)C1=O. The molecule has 0 aromatic heterocycles. The molecule has 1 aliphatic heterocycles. The lowest BCUT2D eigenvalue weighted by Gasteiger charge is -2.25. The summed E-state index contributed by atoms with van der Waals surface area (Å²) in [7, 11) is 0. The summed E-state index contributed by atoms with van der Waals surface area (Å²) in [6.07, 6.45) is 0.197. The molecule has 1 rings (SSSR count). The van der Waals surface area contributed by atoms with E-state index in [0.717, 1.165) is 4.90 Å². The molecule has 1 N–H and O–H groups in total. The van der Waals surface area contributed by atoms with Crippen LogP contribution in [0.5, 0.6) is 0 Å². The van der Waals surface area contributed by atoms with Crippen LogP contribution in [0.25, 0.3) is 0 Å². The second-order valence-corrected chi connectivity index (χ2v) is 4.99. The van der Waals surface area contributed by atoms with Crippen LogP contribution in [0.2, 0.25) is 0 Å². The first kappa shape index (κ1) is 13.7. The van der Waals surface area contributed by atoms with Crippen LogP contribution < -0.4 is 5.32 Å². The molecule has 5 nitrogen and oxygen atoms in total. The maximum Gasteiger partial charge on any atom is 0.240 e. The summed E-state index contributed by atoms with van der Waals surface area (Å²) in [5.74, 6) is -0.693. The first-order valence-electron chi connectivity index (χ1n) is 5.94. The van der Waals surface area contributed by atoms with Crippen molar-refractivity contribution in [2.45, 2.75) is 34.1 Å². The van der Waals surface area contributed by atoms with E-state index in [1.807, 2.05) is 13.8 Å². The van der Waals surface area contributed by atoms with E-state index in [-0.39, 0.29) is 36.6 Å². The highest BCUT2D eigenvalue weighted by molar-refractivity contribution is 6.07. The van der Waals surface area contributed by atoms with Crippen molar-refractivity contribution in [1.82, 2.24) is 10.2 Å². The van der Waals surface area contributed by atoms with Gasteiger partial charge in [0.05, 0.1) is 5.41 Å². The Labute approximate surface area is 102 Å². The molecule has 1 unspecified atom stereocenters. The summed E-state index contributed by atoms with van der Waals surface area (Å²) in [4.78, 5) is 36.4. The molecule has 0 aliphatic carbocycles. The van der Waals surface area contributed by atoms with Crippen molar-refractivity contribution in [1.29, 1.82) is 0 Å². The minimum atomic E-state index is -0.663. The fourth-order valence-electron chi connectivity index (χ4n) is 1.91. The largest absolute Gasteiger partial charge is 0.355 e. The van der Waals surface area contributed by atoms with Crippen LogP contribution in [-0.4, -0.2) is 35.7 Å². The van der Waals surface area contributed by atoms with Crippen molar-refractivity contribution in [3.8, 4) is 0 Å². The van der Waals surface area contributed by atoms with Gasteiger partial charge in [-0.3, -0.25) is 19.3 Å².